The molecule has 3 aromatic rings. The van der Waals surface area contributed by atoms with Crippen molar-refractivity contribution in [2.75, 3.05) is 31.1 Å². The van der Waals surface area contributed by atoms with Crippen molar-refractivity contribution in [3.63, 3.8) is 0 Å². The third-order valence-corrected chi connectivity index (χ3v) is 5.03. The number of ether oxygens (including phenoxy) is 2. The van der Waals surface area contributed by atoms with E-state index in [2.05, 4.69) is 15.5 Å². The molecule has 0 fully saturated rings. The summed E-state index contributed by atoms with van der Waals surface area (Å²) in [5.41, 5.74) is 6.79. The first kappa shape index (κ1) is 21.0. The highest BCUT2D eigenvalue weighted by molar-refractivity contribution is 7.99. The fourth-order valence-corrected chi connectivity index (χ4v) is 3.25. The van der Waals surface area contributed by atoms with Crippen molar-refractivity contribution >= 4 is 29.3 Å². The number of hydrogen-bond donors (Lipinski definition) is 3. The van der Waals surface area contributed by atoms with Gasteiger partial charge in [-0.1, -0.05) is 11.8 Å². The maximum Gasteiger partial charge on any atom is 0.248 e. The number of rotatable bonds is 8. The molecule has 0 bridgehead atoms. The Hall–Kier alpha value is -3.73. The van der Waals surface area contributed by atoms with E-state index in [0.29, 0.717) is 39.3 Å². The lowest BCUT2D eigenvalue weighted by Gasteiger charge is -2.09. The Labute approximate surface area is 176 Å². The van der Waals surface area contributed by atoms with Crippen LogP contribution in [0.2, 0.25) is 0 Å². The van der Waals surface area contributed by atoms with Gasteiger partial charge in [-0.15, -0.1) is 10.2 Å². The highest BCUT2D eigenvalue weighted by Crippen LogP contribution is 2.32. The van der Waals surface area contributed by atoms with Crippen LogP contribution in [0, 0.1) is 0 Å². The van der Waals surface area contributed by atoms with Crippen molar-refractivity contribution in [1.82, 2.24) is 14.9 Å². The molecule has 0 saturated heterocycles. The number of aromatic nitrogens is 3. The largest absolute Gasteiger partial charge is 0.493 e. The van der Waals surface area contributed by atoms with E-state index < -0.39 is 5.91 Å². The van der Waals surface area contributed by atoms with Crippen LogP contribution in [0.1, 0.15) is 10.4 Å². The zero-order valence-electron chi connectivity index (χ0n) is 16.3. The second kappa shape index (κ2) is 9.18. The summed E-state index contributed by atoms with van der Waals surface area (Å²) in [6, 6.07) is 11.5. The molecule has 0 radical (unpaired) electrons. The van der Waals surface area contributed by atoms with E-state index in [9.17, 15) is 9.59 Å². The molecule has 2 amide bonds. The number of amides is 2. The Kier molecular flexibility index (Phi) is 6.42. The zero-order valence-corrected chi connectivity index (χ0v) is 17.1. The third kappa shape index (κ3) is 4.63. The Morgan fingerprint density at radius 2 is 1.77 bits per heavy atom. The van der Waals surface area contributed by atoms with Gasteiger partial charge in [0.1, 0.15) is 0 Å². The van der Waals surface area contributed by atoms with Crippen molar-refractivity contribution in [1.29, 1.82) is 0 Å². The molecule has 0 aliphatic carbocycles. The lowest BCUT2D eigenvalue weighted by molar-refractivity contribution is -0.113. The number of carbonyl (C=O) groups is 2. The van der Waals surface area contributed by atoms with Gasteiger partial charge in [-0.25, -0.2) is 4.68 Å². The summed E-state index contributed by atoms with van der Waals surface area (Å²) in [7, 11) is 3.09. The summed E-state index contributed by atoms with van der Waals surface area (Å²) < 4.78 is 11.8. The SMILES string of the molecule is COc1ccc(-c2nnc(SCC(=O)Nc3ccc(C(N)=O)cc3)n2N)cc1OC. The minimum absolute atomic E-state index is 0.0683. The smallest absolute Gasteiger partial charge is 0.248 e. The van der Waals surface area contributed by atoms with Gasteiger partial charge in [0.15, 0.2) is 17.3 Å². The fraction of sp³-hybridized carbons (Fsp3) is 0.158. The highest BCUT2D eigenvalue weighted by Gasteiger charge is 2.16. The van der Waals surface area contributed by atoms with Crippen LogP contribution in [0.15, 0.2) is 47.6 Å². The summed E-state index contributed by atoms with van der Waals surface area (Å²) in [4.78, 5) is 23.3. The molecule has 5 N–H and O–H groups in total. The second-order valence-electron chi connectivity index (χ2n) is 6.02. The van der Waals surface area contributed by atoms with Gasteiger partial charge in [0.2, 0.25) is 17.0 Å². The van der Waals surface area contributed by atoms with Gasteiger partial charge in [0, 0.05) is 16.8 Å². The lowest BCUT2D eigenvalue weighted by atomic mass is 10.2. The number of primary amides is 1. The van der Waals surface area contributed by atoms with Crippen molar-refractivity contribution in [3.05, 3.63) is 48.0 Å². The molecule has 1 heterocycles. The second-order valence-corrected chi connectivity index (χ2v) is 6.97. The van der Waals surface area contributed by atoms with Crippen molar-refractivity contribution in [3.8, 4) is 22.9 Å². The number of thioether (sulfide) groups is 1. The number of carbonyl (C=O) groups excluding carboxylic acids is 2. The van der Waals surface area contributed by atoms with Gasteiger partial charge in [0.25, 0.3) is 0 Å². The quantitative estimate of drug-likeness (QED) is 0.361. The average molecular weight is 428 g/mol. The van der Waals surface area contributed by atoms with Gasteiger partial charge >= 0.3 is 0 Å². The molecule has 0 aliphatic rings. The number of nitrogen functional groups attached to an aromatic ring is 1. The van der Waals surface area contributed by atoms with Gasteiger partial charge in [-0.2, -0.15) is 0 Å². The number of anilines is 1. The Morgan fingerprint density at radius 1 is 1.07 bits per heavy atom. The first-order valence-corrected chi connectivity index (χ1v) is 9.67. The van der Waals surface area contributed by atoms with Crippen molar-refractivity contribution in [2.45, 2.75) is 5.16 Å². The lowest BCUT2D eigenvalue weighted by Crippen LogP contribution is -2.16. The predicted molar refractivity (Wildman–Crippen MR) is 113 cm³/mol. The number of benzene rings is 2. The molecular formula is C19H20N6O4S. The van der Waals surface area contributed by atoms with E-state index in [1.54, 1.807) is 37.4 Å². The van der Waals surface area contributed by atoms with Crippen molar-refractivity contribution in [2.24, 2.45) is 5.73 Å². The number of nitrogens with one attached hydrogen (secondary N) is 1. The van der Waals surface area contributed by atoms with Gasteiger partial charge in [0.05, 0.1) is 20.0 Å². The van der Waals surface area contributed by atoms with Gasteiger partial charge < -0.3 is 26.4 Å². The molecule has 0 atom stereocenters. The molecule has 30 heavy (non-hydrogen) atoms. The topological polar surface area (TPSA) is 147 Å². The van der Waals surface area contributed by atoms with Crippen LogP contribution in [-0.2, 0) is 4.79 Å². The number of methoxy groups -OCH3 is 2. The molecule has 1 aromatic heterocycles. The normalized spacial score (nSPS) is 10.5. The van der Waals surface area contributed by atoms with Gasteiger partial charge in [-0.05, 0) is 42.5 Å². The minimum atomic E-state index is -0.531. The number of nitrogens with zero attached hydrogens (tertiary/aromatic N) is 3. The summed E-state index contributed by atoms with van der Waals surface area (Å²) in [5, 5.41) is 11.2. The highest BCUT2D eigenvalue weighted by atomic mass is 32.2. The van der Waals surface area contributed by atoms with Crippen LogP contribution >= 0.6 is 11.8 Å². The summed E-state index contributed by atoms with van der Waals surface area (Å²) >= 11 is 1.14. The Morgan fingerprint density at radius 3 is 2.40 bits per heavy atom. The molecule has 2 aromatic carbocycles. The molecule has 0 aliphatic heterocycles. The van der Waals surface area contributed by atoms with Crippen LogP contribution < -0.4 is 26.4 Å². The number of nitrogens with two attached hydrogens (primary N) is 2. The number of hydrogen-bond acceptors (Lipinski definition) is 8. The summed E-state index contributed by atoms with van der Waals surface area (Å²) in [6.45, 7) is 0. The molecule has 156 valence electrons. The first-order valence-electron chi connectivity index (χ1n) is 8.68. The monoisotopic (exact) mass is 428 g/mol. The average Bonchev–Trinajstić information content (AvgIpc) is 3.12. The standard InChI is InChI=1S/C19H20N6O4S/c1-28-14-8-5-12(9-15(14)29-2)18-23-24-19(25(18)21)30-10-16(26)22-13-6-3-11(4-7-13)17(20)27/h3-9H,10,21H2,1-2H3,(H2,20,27)(H,22,26). The molecule has 0 spiro atoms. The van der Waals surface area contributed by atoms with E-state index in [1.807, 2.05) is 0 Å². The third-order valence-electron chi connectivity index (χ3n) is 4.09. The molecule has 0 saturated carbocycles. The molecule has 11 heteroatoms. The van der Waals surface area contributed by atoms with Crippen LogP contribution in [-0.4, -0.2) is 46.7 Å². The Balaban J connectivity index is 1.65. The molecule has 0 unspecified atom stereocenters. The van der Waals surface area contributed by atoms with E-state index in [1.165, 1.54) is 23.9 Å². The van der Waals surface area contributed by atoms with E-state index >= 15 is 0 Å². The van der Waals surface area contributed by atoms with E-state index in [-0.39, 0.29) is 11.7 Å². The molecular weight excluding hydrogens is 408 g/mol. The van der Waals surface area contributed by atoms with Crippen molar-refractivity contribution < 1.29 is 19.1 Å². The molecule has 3 rings (SSSR count). The zero-order chi connectivity index (χ0) is 21.7. The summed E-state index contributed by atoms with van der Waals surface area (Å²) in [5.74, 6) is 6.92. The maximum absolute atomic E-state index is 12.2. The Bertz CT molecular complexity index is 1070. The predicted octanol–water partition coefficient (Wildman–Crippen LogP) is 1.51. The fourth-order valence-electron chi connectivity index (χ4n) is 2.59. The van der Waals surface area contributed by atoms with Crippen LogP contribution in [0.5, 0.6) is 11.5 Å². The van der Waals surface area contributed by atoms with Gasteiger partial charge in [-0.3, -0.25) is 9.59 Å². The van der Waals surface area contributed by atoms with Crippen LogP contribution in [0.25, 0.3) is 11.4 Å². The first-order chi connectivity index (χ1) is 14.4. The van der Waals surface area contributed by atoms with Crippen LogP contribution in [0.3, 0.4) is 0 Å². The van der Waals surface area contributed by atoms with Crippen LogP contribution in [0.4, 0.5) is 5.69 Å². The van der Waals surface area contributed by atoms with E-state index in [0.717, 1.165) is 11.8 Å². The molecule has 10 nitrogen and oxygen atoms in total. The maximum atomic E-state index is 12.2. The minimum Gasteiger partial charge on any atom is -0.493 e. The summed E-state index contributed by atoms with van der Waals surface area (Å²) in [6.07, 6.45) is 0. The van der Waals surface area contributed by atoms with E-state index in [4.69, 9.17) is 21.1 Å².